The fraction of sp³-hybridized carbons (Fsp3) is 0.917. The van der Waals surface area contributed by atoms with Gasteiger partial charge in [0.2, 0.25) is 0 Å². The summed E-state index contributed by atoms with van der Waals surface area (Å²) in [6.07, 6.45) is 5.36. The van der Waals surface area contributed by atoms with Crippen LogP contribution in [0.1, 0.15) is 46.0 Å². The van der Waals surface area contributed by atoms with Crippen LogP contribution in [0.15, 0.2) is 0 Å². The van der Waals surface area contributed by atoms with Gasteiger partial charge in [-0.1, -0.05) is 26.7 Å². The molecule has 3 nitrogen and oxygen atoms in total. The van der Waals surface area contributed by atoms with Crippen LogP contribution in [0.2, 0.25) is 0 Å². The van der Waals surface area contributed by atoms with Crippen molar-refractivity contribution in [2.24, 2.45) is 5.92 Å². The summed E-state index contributed by atoms with van der Waals surface area (Å²) in [7, 11) is 0. The number of hydrogen-bond donors (Lipinski definition) is 1. The molecule has 88 valence electrons. The van der Waals surface area contributed by atoms with Crippen molar-refractivity contribution in [3.8, 4) is 0 Å². The van der Waals surface area contributed by atoms with Crippen LogP contribution >= 0.6 is 0 Å². The summed E-state index contributed by atoms with van der Waals surface area (Å²) in [5.41, 5.74) is 0. The monoisotopic (exact) mass is 213 g/mol. The summed E-state index contributed by atoms with van der Waals surface area (Å²) in [5.74, 6) is -0.728. The Hall–Kier alpha value is -0.570. The Balaban J connectivity index is 2.53. The van der Waals surface area contributed by atoms with Gasteiger partial charge < -0.3 is 5.11 Å². The minimum Gasteiger partial charge on any atom is -0.481 e. The molecule has 15 heavy (non-hydrogen) atoms. The number of nitrogens with zero attached hydrogens (tertiary/aromatic N) is 1. The predicted octanol–water partition coefficient (Wildman–Crippen LogP) is 2.36. The van der Waals surface area contributed by atoms with Gasteiger partial charge in [-0.3, -0.25) is 9.69 Å². The van der Waals surface area contributed by atoms with Crippen LogP contribution in [0.4, 0.5) is 0 Å². The van der Waals surface area contributed by atoms with Crippen molar-refractivity contribution in [3.63, 3.8) is 0 Å². The molecule has 0 saturated heterocycles. The highest BCUT2D eigenvalue weighted by Gasteiger charge is 2.35. The number of hydrogen-bond acceptors (Lipinski definition) is 2. The van der Waals surface area contributed by atoms with Crippen LogP contribution < -0.4 is 0 Å². The zero-order valence-electron chi connectivity index (χ0n) is 9.91. The van der Waals surface area contributed by atoms with Gasteiger partial charge in [0, 0.05) is 6.04 Å². The molecule has 0 aliphatic heterocycles. The highest BCUT2D eigenvalue weighted by atomic mass is 16.4. The van der Waals surface area contributed by atoms with E-state index in [9.17, 15) is 4.79 Å². The van der Waals surface area contributed by atoms with Crippen LogP contribution in [0.25, 0.3) is 0 Å². The van der Waals surface area contributed by atoms with E-state index >= 15 is 0 Å². The number of aliphatic carboxylic acids is 1. The molecule has 0 bridgehead atoms. The number of rotatable bonds is 6. The minimum absolute atomic E-state index is 0.123. The van der Waals surface area contributed by atoms with Gasteiger partial charge in [0.1, 0.15) is 0 Å². The van der Waals surface area contributed by atoms with Gasteiger partial charge in [0.05, 0.1) is 5.92 Å². The minimum atomic E-state index is -0.604. The molecule has 1 aliphatic rings. The molecule has 1 saturated carbocycles. The van der Waals surface area contributed by atoms with Gasteiger partial charge in [0.15, 0.2) is 0 Å². The molecule has 0 aromatic carbocycles. The molecule has 0 heterocycles. The van der Waals surface area contributed by atoms with Crippen LogP contribution in [0.5, 0.6) is 0 Å². The Morgan fingerprint density at radius 3 is 2.67 bits per heavy atom. The molecule has 0 aromatic rings. The average molecular weight is 213 g/mol. The highest BCUT2D eigenvalue weighted by molar-refractivity contribution is 5.71. The lowest BCUT2D eigenvalue weighted by Gasteiger charge is -2.30. The maximum Gasteiger partial charge on any atom is 0.308 e. The van der Waals surface area contributed by atoms with E-state index in [1.54, 1.807) is 0 Å². The summed E-state index contributed by atoms with van der Waals surface area (Å²) in [4.78, 5) is 13.4. The van der Waals surface area contributed by atoms with Crippen LogP contribution in [0.3, 0.4) is 0 Å². The summed E-state index contributed by atoms with van der Waals surface area (Å²) in [6.45, 7) is 6.35. The van der Waals surface area contributed by atoms with E-state index in [1.807, 2.05) is 0 Å². The maximum atomic E-state index is 11.1. The standard InChI is InChI=1S/C12H23NO2/c1-3-5-9-13(4-2)11-8-6-7-10(11)12(14)15/h10-11H,3-9H2,1-2H3,(H,14,15). The van der Waals surface area contributed by atoms with Gasteiger partial charge in [-0.05, 0) is 32.4 Å². The molecule has 0 amide bonds. The van der Waals surface area contributed by atoms with E-state index in [-0.39, 0.29) is 5.92 Å². The number of carboxylic acid groups (broad SMARTS) is 1. The van der Waals surface area contributed by atoms with Crippen molar-refractivity contribution < 1.29 is 9.90 Å². The van der Waals surface area contributed by atoms with E-state index in [0.717, 1.165) is 32.4 Å². The second-order valence-electron chi connectivity index (χ2n) is 4.43. The van der Waals surface area contributed by atoms with Crippen molar-refractivity contribution in [1.29, 1.82) is 0 Å². The Bertz CT molecular complexity index is 206. The van der Waals surface area contributed by atoms with E-state index < -0.39 is 5.97 Å². The maximum absolute atomic E-state index is 11.1. The smallest absolute Gasteiger partial charge is 0.308 e. The van der Waals surface area contributed by atoms with Crippen LogP contribution in [-0.2, 0) is 4.79 Å². The fourth-order valence-electron chi connectivity index (χ4n) is 2.59. The van der Waals surface area contributed by atoms with Crippen molar-refractivity contribution in [2.75, 3.05) is 13.1 Å². The first-order valence-corrected chi connectivity index (χ1v) is 6.17. The van der Waals surface area contributed by atoms with Crippen molar-refractivity contribution in [2.45, 2.75) is 52.0 Å². The zero-order chi connectivity index (χ0) is 11.3. The topological polar surface area (TPSA) is 40.5 Å². The van der Waals surface area contributed by atoms with Gasteiger partial charge in [-0.25, -0.2) is 0 Å². The Kier molecular flexibility index (Phi) is 5.09. The Morgan fingerprint density at radius 2 is 2.13 bits per heavy atom. The predicted molar refractivity (Wildman–Crippen MR) is 60.9 cm³/mol. The third kappa shape index (κ3) is 3.20. The molecular weight excluding hydrogens is 190 g/mol. The molecule has 1 rings (SSSR count). The van der Waals surface area contributed by atoms with E-state index in [2.05, 4.69) is 18.7 Å². The second kappa shape index (κ2) is 6.11. The summed E-state index contributed by atoms with van der Waals surface area (Å²) in [5, 5.41) is 9.13. The first kappa shape index (κ1) is 12.5. The van der Waals surface area contributed by atoms with Crippen LogP contribution in [0, 0.1) is 5.92 Å². The molecule has 0 aromatic heterocycles. The van der Waals surface area contributed by atoms with Crippen molar-refractivity contribution in [1.82, 2.24) is 4.90 Å². The van der Waals surface area contributed by atoms with Gasteiger partial charge in [-0.2, -0.15) is 0 Å². The lowest BCUT2D eigenvalue weighted by Crippen LogP contribution is -2.41. The number of carbonyl (C=O) groups is 1. The van der Waals surface area contributed by atoms with Gasteiger partial charge >= 0.3 is 5.97 Å². The first-order chi connectivity index (χ1) is 7.20. The Labute approximate surface area is 92.5 Å². The molecule has 0 spiro atoms. The molecular formula is C12H23NO2. The quantitative estimate of drug-likeness (QED) is 0.736. The SMILES string of the molecule is CCCCN(CC)C1CCCC1C(=O)O. The fourth-order valence-corrected chi connectivity index (χ4v) is 2.59. The molecule has 1 aliphatic carbocycles. The third-order valence-electron chi connectivity index (χ3n) is 3.47. The molecule has 2 unspecified atom stereocenters. The molecule has 1 N–H and O–H groups in total. The number of unbranched alkanes of at least 4 members (excludes halogenated alkanes) is 1. The average Bonchev–Trinajstić information content (AvgIpc) is 2.68. The normalized spacial score (nSPS) is 26.1. The van der Waals surface area contributed by atoms with Gasteiger partial charge in [0.25, 0.3) is 0 Å². The zero-order valence-corrected chi connectivity index (χ0v) is 9.91. The summed E-state index contributed by atoms with van der Waals surface area (Å²) in [6, 6.07) is 0.291. The van der Waals surface area contributed by atoms with Crippen LogP contribution in [-0.4, -0.2) is 35.1 Å². The van der Waals surface area contributed by atoms with Crippen molar-refractivity contribution >= 4 is 5.97 Å². The van der Waals surface area contributed by atoms with E-state index in [1.165, 1.54) is 12.8 Å². The van der Waals surface area contributed by atoms with Crippen molar-refractivity contribution in [3.05, 3.63) is 0 Å². The lowest BCUT2D eigenvalue weighted by atomic mass is 10.0. The molecule has 2 atom stereocenters. The highest BCUT2D eigenvalue weighted by Crippen LogP contribution is 2.30. The largest absolute Gasteiger partial charge is 0.481 e. The number of carboxylic acids is 1. The molecule has 1 fully saturated rings. The Morgan fingerprint density at radius 1 is 1.40 bits per heavy atom. The summed E-state index contributed by atoms with van der Waals surface area (Å²) < 4.78 is 0. The second-order valence-corrected chi connectivity index (χ2v) is 4.43. The molecule has 3 heteroatoms. The third-order valence-corrected chi connectivity index (χ3v) is 3.47. The lowest BCUT2D eigenvalue weighted by molar-refractivity contribution is -0.143. The first-order valence-electron chi connectivity index (χ1n) is 6.17. The van der Waals surface area contributed by atoms with E-state index in [0.29, 0.717) is 6.04 Å². The molecule has 0 radical (unpaired) electrons. The van der Waals surface area contributed by atoms with Gasteiger partial charge in [-0.15, -0.1) is 0 Å². The van der Waals surface area contributed by atoms with E-state index in [4.69, 9.17) is 5.11 Å². The summed E-state index contributed by atoms with van der Waals surface area (Å²) >= 11 is 0.